The van der Waals surface area contributed by atoms with E-state index in [1.54, 1.807) is 0 Å². The number of hydrogen-bond donors (Lipinski definition) is 1. The van der Waals surface area contributed by atoms with Crippen LogP contribution < -0.4 is 5.32 Å². The zero-order valence-corrected chi connectivity index (χ0v) is 19.6. The van der Waals surface area contributed by atoms with Crippen molar-refractivity contribution < 1.29 is 14.3 Å². The predicted molar refractivity (Wildman–Crippen MR) is 129 cm³/mol. The van der Waals surface area contributed by atoms with Gasteiger partial charge in [-0.05, 0) is 36.6 Å². The molecule has 7 heteroatoms. The average molecular weight is 451 g/mol. The van der Waals surface area contributed by atoms with E-state index in [4.69, 9.17) is 4.74 Å². The molecule has 0 unspecified atom stereocenters. The Balaban J connectivity index is 1.42. The molecule has 2 fully saturated rings. The molecule has 2 amide bonds. The number of rotatable bonds is 6. The summed E-state index contributed by atoms with van der Waals surface area (Å²) in [6.45, 7) is 10.0. The number of nitrogens with one attached hydrogen (secondary N) is 1. The SMILES string of the molecule is Cc1ccc(C)c(NC(=O)[C@@H](c2ccccc2)N2CCN(CC(=O)N3CCOCC3)CC2)c1. The summed E-state index contributed by atoms with van der Waals surface area (Å²) < 4.78 is 5.35. The molecular formula is C26H34N4O3. The Kier molecular flexibility index (Phi) is 7.75. The van der Waals surface area contributed by atoms with Gasteiger partial charge in [0.05, 0.1) is 19.8 Å². The maximum absolute atomic E-state index is 13.5. The minimum Gasteiger partial charge on any atom is -0.378 e. The zero-order valence-electron chi connectivity index (χ0n) is 19.6. The van der Waals surface area contributed by atoms with Crippen molar-refractivity contribution in [2.75, 3.05) is 64.3 Å². The Labute approximate surface area is 196 Å². The third-order valence-electron chi connectivity index (χ3n) is 6.51. The molecule has 2 aliphatic rings. The van der Waals surface area contributed by atoms with Crippen molar-refractivity contribution in [1.29, 1.82) is 0 Å². The standard InChI is InChI=1S/C26H34N4O3/c1-20-8-9-21(2)23(18-20)27-26(32)25(22-6-4-3-5-7-22)30-12-10-28(11-13-30)19-24(31)29-14-16-33-17-15-29/h3-9,18,25H,10-17,19H2,1-2H3,(H,27,32)/t25-/m1/s1. The van der Waals surface area contributed by atoms with Crippen LogP contribution in [0.4, 0.5) is 5.69 Å². The van der Waals surface area contributed by atoms with Crippen molar-refractivity contribution >= 4 is 17.5 Å². The lowest BCUT2D eigenvalue weighted by Gasteiger charge is -2.39. The summed E-state index contributed by atoms with van der Waals surface area (Å²) in [5.74, 6) is 0.145. The number of morpholine rings is 1. The largest absolute Gasteiger partial charge is 0.378 e. The number of anilines is 1. The fourth-order valence-corrected chi connectivity index (χ4v) is 4.52. The zero-order chi connectivity index (χ0) is 23.2. The second-order valence-electron chi connectivity index (χ2n) is 8.93. The van der Waals surface area contributed by atoms with Crippen LogP contribution in [0.5, 0.6) is 0 Å². The topological polar surface area (TPSA) is 65.1 Å². The molecule has 176 valence electrons. The second kappa shape index (κ2) is 10.9. The lowest BCUT2D eigenvalue weighted by molar-refractivity contribution is -0.137. The van der Waals surface area contributed by atoms with Gasteiger partial charge in [-0.25, -0.2) is 0 Å². The van der Waals surface area contributed by atoms with Gasteiger partial charge < -0.3 is 15.0 Å². The van der Waals surface area contributed by atoms with E-state index >= 15 is 0 Å². The van der Waals surface area contributed by atoms with Crippen LogP contribution in [-0.2, 0) is 14.3 Å². The Bertz CT molecular complexity index is 951. The summed E-state index contributed by atoms with van der Waals surface area (Å²) in [6.07, 6.45) is 0. The van der Waals surface area contributed by atoms with Gasteiger partial charge in [-0.3, -0.25) is 19.4 Å². The Hall–Kier alpha value is -2.74. The van der Waals surface area contributed by atoms with Crippen LogP contribution >= 0.6 is 0 Å². The van der Waals surface area contributed by atoms with Crippen LogP contribution in [-0.4, -0.2) is 85.5 Å². The number of nitrogens with zero attached hydrogens (tertiary/aromatic N) is 3. The van der Waals surface area contributed by atoms with E-state index in [0.29, 0.717) is 32.8 Å². The number of hydrogen-bond acceptors (Lipinski definition) is 5. The number of aryl methyl sites for hydroxylation is 2. The van der Waals surface area contributed by atoms with Crippen LogP contribution in [0.3, 0.4) is 0 Å². The molecule has 0 aromatic heterocycles. The molecule has 0 aliphatic carbocycles. The van der Waals surface area contributed by atoms with E-state index in [1.165, 1.54) is 0 Å². The van der Waals surface area contributed by atoms with Gasteiger partial charge in [-0.15, -0.1) is 0 Å². The molecule has 0 saturated carbocycles. The summed E-state index contributed by atoms with van der Waals surface area (Å²) in [7, 11) is 0. The highest BCUT2D eigenvalue weighted by atomic mass is 16.5. The molecule has 2 saturated heterocycles. The number of piperazine rings is 1. The Morgan fingerprint density at radius 1 is 0.939 bits per heavy atom. The lowest BCUT2D eigenvalue weighted by Crippen LogP contribution is -2.53. The molecule has 2 aromatic carbocycles. The van der Waals surface area contributed by atoms with Crippen LogP contribution in [0.15, 0.2) is 48.5 Å². The highest BCUT2D eigenvalue weighted by molar-refractivity contribution is 5.96. The molecule has 4 rings (SSSR count). The van der Waals surface area contributed by atoms with Crippen molar-refractivity contribution in [2.45, 2.75) is 19.9 Å². The summed E-state index contributed by atoms with van der Waals surface area (Å²) in [5, 5.41) is 3.17. The van der Waals surface area contributed by atoms with Crippen molar-refractivity contribution in [3.63, 3.8) is 0 Å². The normalized spacial score (nSPS) is 18.7. The first-order valence-electron chi connectivity index (χ1n) is 11.8. The van der Waals surface area contributed by atoms with E-state index in [1.807, 2.05) is 61.2 Å². The Morgan fingerprint density at radius 2 is 1.64 bits per heavy atom. The minimum absolute atomic E-state index is 0.0206. The van der Waals surface area contributed by atoms with Gasteiger partial charge in [0.1, 0.15) is 6.04 Å². The number of benzene rings is 2. The smallest absolute Gasteiger partial charge is 0.246 e. The Morgan fingerprint density at radius 3 is 2.33 bits per heavy atom. The quantitative estimate of drug-likeness (QED) is 0.733. The number of ether oxygens (including phenoxy) is 1. The van der Waals surface area contributed by atoms with E-state index in [2.05, 4.69) is 21.2 Å². The van der Waals surface area contributed by atoms with Crippen LogP contribution in [0, 0.1) is 13.8 Å². The van der Waals surface area contributed by atoms with Gasteiger partial charge in [0, 0.05) is 45.0 Å². The summed E-state index contributed by atoms with van der Waals surface area (Å²) in [6, 6.07) is 15.7. The second-order valence-corrected chi connectivity index (χ2v) is 8.93. The van der Waals surface area contributed by atoms with Crippen molar-refractivity contribution in [3.05, 3.63) is 65.2 Å². The maximum Gasteiger partial charge on any atom is 0.246 e. The number of carbonyl (C=O) groups is 2. The van der Waals surface area contributed by atoms with E-state index in [9.17, 15) is 9.59 Å². The van der Waals surface area contributed by atoms with E-state index in [0.717, 1.165) is 48.6 Å². The van der Waals surface area contributed by atoms with Crippen LogP contribution in [0.1, 0.15) is 22.7 Å². The van der Waals surface area contributed by atoms with Gasteiger partial charge in [0.2, 0.25) is 11.8 Å². The number of amides is 2. The maximum atomic E-state index is 13.5. The van der Waals surface area contributed by atoms with Crippen molar-refractivity contribution in [3.8, 4) is 0 Å². The fourth-order valence-electron chi connectivity index (χ4n) is 4.52. The average Bonchev–Trinajstić information content (AvgIpc) is 2.84. The summed E-state index contributed by atoms with van der Waals surface area (Å²) >= 11 is 0. The van der Waals surface area contributed by atoms with Gasteiger partial charge in [-0.1, -0.05) is 42.5 Å². The van der Waals surface area contributed by atoms with Crippen LogP contribution in [0.2, 0.25) is 0 Å². The molecule has 0 radical (unpaired) electrons. The molecule has 1 atom stereocenters. The van der Waals surface area contributed by atoms with Gasteiger partial charge in [0.15, 0.2) is 0 Å². The van der Waals surface area contributed by atoms with Crippen molar-refractivity contribution in [1.82, 2.24) is 14.7 Å². The van der Waals surface area contributed by atoms with Gasteiger partial charge in [0.25, 0.3) is 0 Å². The first-order chi connectivity index (χ1) is 16.0. The molecule has 0 spiro atoms. The minimum atomic E-state index is -0.372. The van der Waals surface area contributed by atoms with Gasteiger partial charge >= 0.3 is 0 Å². The van der Waals surface area contributed by atoms with E-state index in [-0.39, 0.29) is 17.9 Å². The predicted octanol–water partition coefficient (Wildman–Crippen LogP) is 2.46. The molecule has 2 aliphatic heterocycles. The molecular weight excluding hydrogens is 416 g/mol. The lowest BCUT2D eigenvalue weighted by atomic mass is 10.0. The monoisotopic (exact) mass is 450 g/mol. The molecule has 0 bridgehead atoms. The fraction of sp³-hybridized carbons (Fsp3) is 0.462. The number of carbonyl (C=O) groups excluding carboxylic acids is 2. The highest BCUT2D eigenvalue weighted by Crippen LogP contribution is 2.26. The molecule has 1 N–H and O–H groups in total. The van der Waals surface area contributed by atoms with Crippen LogP contribution in [0.25, 0.3) is 0 Å². The summed E-state index contributed by atoms with van der Waals surface area (Å²) in [5.41, 5.74) is 4.01. The molecule has 7 nitrogen and oxygen atoms in total. The molecule has 2 aromatic rings. The third-order valence-corrected chi connectivity index (χ3v) is 6.51. The molecule has 2 heterocycles. The van der Waals surface area contributed by atoms with Crippen molar-refractivity contribution in [2.24, 2.45) is 0 Å². The molecule has 33 heavy (non-hydrogen) atoms. The summed E-state index contributed by atoms with van der Waals surface area (Å²) in [4.78, 5) is 32.4. The highest BCUT2D eigenvalue weighted by Gasteiger charge is 2.31. The van der Waals surface area contributed by atoms with Gasteiger partial charge in [-0.2, -0.15) is 0 Å². The first kappa shape index (κ1) is 23.4. The first-order valence-corrected chi connectivity index (χ1v) is 11.8. The third kappa shape index (κ3) is 5.99. The van der Waals surface area contributed by atoms with E-state index < -0.39 is 0 Å².